The molecule has 3 N–H and O–H groups in total. The summed E-state index contributed by atoms with van der Waals surface area (Å²) in [5, 5.41) is 15.0. The van der Waals surface area contributed by atoms with Crippen molar-refractivity contribution < 1.29 is 19.5 Å². The van der Waals surface area contributed by atoms with Crippen LogP contribution in [0.3, 0.4) is 0 Å². The molecule has 0 aromatic heterocycles. The van der Waals surface area contributed by atoms with Gasteiger partial charge >= 0.3 is 0 Å². The number of benzene rings is 2. The third-order valence-corrected chi connectivity index (χ3v) is 4.53. The fourth-order valence-electron chi connectivity index (χ4n) is 3.07. The van der Waals surface area contributed by atoms with Gasteiger partial charge in [0.2, 0.25) is 11.8 Å². The van der Waals surface area contributed by atoms with Gasteiger partial charge in [-0.15, -0.1) is 0 Å². The molecule has 0 spiro atoms. The summed E-state index contributed by atoms with van der Waals surface area (Å²) < 4.78 is 0. The third-order valence-electron chi connectivity index (χ3n) is 4.53. The van der Waals surface area contributed by atoms with Gasteiger partial charge in [-0.2, -0.15) is 0 Å². The maximum atomic E-state index is 12.7. The minimum absolute atomic E-state index is 0.0942. The first kappa shape index (κ1) is 19.2. The first-order chi connectivity index (χ1) is 13.4. The number of hydrogen-bond donors (Lipinski definition) is 3. The molecule has 0 saturated carbocycles. The highest BCUT2D eigenvalue weighted by Gasteiger charge is 2.33. The molecule has 0 aliphatic carbocycles. The van der Waals surface area contributed by atoms with Crippen molar-refractivity contribution >= 4 is 29.1 Å². The van der Waals surface area contributed by atoms with Crippen LogP contribution in [0.5, 0.6) is 5.75 Å². The zero-order valence-corrected chi connectivity index (χ0v) is 15.4. The molecule has 1 heterocycles. The van der Waals surface area contributed by atoms with Crippen LogP contribution in [0.25, 0.3) is 0 Å². The van der Waals surface area contributed by atoms with Gasteiger partial charge in [0.15, 0.2) is 0 Å². The van der Waals surface area contributed by atoms with E-state index in [9.17, 15) is 19.5 Å². The van der Waals surface area contributed by atoms with Gasteiger partial charge in [0, 0.05) is 17.8 Å². The molecule has 7 nitrogen and oxygen atoms in total. The minimum Gasteiger partial charge on any atom is -0.506 e. The highest BCUT2D eigenvalue weighted by Crippen LogP contribution is 2.25. The van der Waals surface area contributed by atoms with Crippen LogP contribution < -0.4 is 15.5 Å². The van der Waals surface area contributed by atoms with Crippen LogP contribution in [0.1, 0.15) is 22.3 Å². The van der Waals surface area contributed by atoms with E-state index in [1.54, 1.807) is 4.90 Å². The van der Waals surface area contributed by atoms with Crippen LogP contribution in [-0.2, 0) is 9.59 Å². The van der Waals surface area contributed by atoms with Gasteiger partial charge in [-0.1, -0.05) is 18.7 Å². The number of nitrogens with one attached hydrogen (secondary N) is 2. The van der Waals surface area contributed by atoms with Crippen LogP contribution in [0, 0.1) is 6.92 Å². The lowest BCUT2D eigenvalue weighted by Gasteiger charge is -2.18. The van der Waals surface area contributed by atoms with Crippen molar-refractivity contribution in [2.24, 2.45) is 0 Å². The summed E-state index contributed by atoms with van der Waals surface area (Å²) in [6.45, 7) is 5.82. The van der Waals surface area contributed by atoms with Crippen LogP contribution >= 0.6 is 0 Å². The number of carbonyl (C=O) groups excluding carboxylic acids is 3. The van der Waals surface area contributed by atoms with E-state index in [1.165, 1.54) is 18.2 Å². The Morgan fingerprint density at radius 2 is 2.04 bits per heavy atom. The summed E-state index contributed by atoms with van der Waals surface area (Å²) in [6, 6.07) is 11.1. The molecular formula is C21H21N3O4. The average molecular weight is 379 g/mol. The average Bonchev–Trinajstić information content (AvgIpc) is 3.03. The Kier molecular flexibility index (Phi) is 5.44. The van der Waals surface area contributed by atoms with E-state index in [0.717, 1.165) is 17.3 Å². The summed E-state index contributed by atoms with van der Waals surface area (Å²) in [5.74, 6) is -1.31. The second-order valence-electron chi connectivity index (χ2n) is 6.57. The minimum atomic E-state index is -0.631. The second kappa shape index (κ2) is 7.96. The normalized spacial score (nSPS) is 16.0. The molecule has 1 unspecified atom stereocenters. The number of nitrogens with zero attached hydrogens (tertiary/aromatic N) is 1. The molecule has 1 atom stereocenters. The molecule has 2 aromatic rings. The molecule has 1 saturated heterocycles. The predicted molar refractivity (Wildman–Crippen MR) is 106 cm³/mol. The highest BCUT2D eigenvalue weighted by atomic mass is 16.3. The first-order valence-corrected chi connectivity index (χ1v) is 8.84. The van der Waals surface area contributed by atoms with Crippen LogP contribution in [0.15, 0.2) is 55.1 Å². The van der Waals surface area contributed by atoms with E-state index in [2.05, 4.69) is 17.2 Å². The lowest BCUT2D eigenvalue weighted by atomic mass is 10.1. The largest absolute Gasteiger partial charge is 0.506 e. The van der Waals surface area contributed by atoms with E-state index < -0.39 is 17.9 Å². The van der Waals surface area contributed by atoms with Crippen molar-refractivity contribution in [1.29, 1.82) is 0 Å². The molecule has 0 bridgehead atoms. The number of phenolic OH excluding ortho intramolecular Hbond substituents is 1. The Morgan fingerprint density at radius 3 is 2.75 bits per heavy atom. The quantitative estimate of drug-likeness (QED) is 0.549. The third kappa shape index (κ3) is 4.03. The number of rotatable bonds is 5. The number of anilines is 2. The fraction of sp³-hybridized carbons (Fsp3) is 0.190. The van der Waals surface area contributed by atoms with E-state index >= 15 is 0 Å². The van der Waals surface area contributed by atoms with Gasteiger partial charge in [-0.05, 0) is 55.3 Å². The summed E-state index contributed by atoms with van der Waals surface area (Å²) in [5.41, 5.74) is 2.17. The van der Waals surface area contributed by atoms with Crippen molar-refractivity contribution in [2.45, 2.75) is 19.4 Å². The van der Waals surface area contributed by atoms with Gasteiger partial charge in [0.1, 0.15) is 11.8 Å². The summed E-state index contributed by atoms with van der Waals surface area (Å²) in [6.07, 6.45) is 1.56. The lowest BCUT2D eigenvalue weighted by molar-refractivity contribution is -0.118. The van der Waals surface area contributed by atoms with E-state index in [1.807, 2.05) is 31.2 Å². The zero-order valence-electron chi connectivity index (χ0n) is 15.4. The molecule has 1 fully saturated rings. The molecule has 2 aromatic carbocycles. The standard InChI is InChI=1S/C21H21N3O4/c1-3-19(26)22-17-12-14(7-8-18(17)25)20(27)23-16-9-10-24(21(16)28)15-6-4-5-13(2)11-15/h3-8,11-12,16,25H,1,9-10H2,2H3,(H,22,26)(H,23,27). The SMILES string of the molecule is C=CC(=O)Nc1cc(C(=O)NC2CCN(c3cccc(C)c3)C2=O)ccc1O. The maximum absolute atomic E-state index is 12.7. The van der Waals surface area contributed by atoms with Crippen molar-refractivity contribution in [1.82, 2.24) is 5.32 Å². The number of aryl methyl sites for hydroxylation is 1. The molecule has 3 rings (SSSR count). The van der Waals surface area contributed by atoms with Gasteiger partial charge in [-0.25, -0.2) is 0 Å². The summed E-state index contributed by atoms with van der Waals surface area (Å²) in [4.78, 5) is 38.4. The molecular weight excluding hydrogens is 358 g/mol. The number of amides is 3. The molecule has 1 aliphatic heterocycles. The van der Waals surface area contributed by atoms with Gasteiger partial charge in [0.25, 0.3) is 5.91 Å². The summed E-state index contributed by atoms with van der Waals surface area (Å²) >= 11 is 0. The number of carbonyl (C=O) groups is 3. The van der Waals surface area contributed by atoms with E-state index in [0.29, 0.717) is 13.0 Å². The number of hydrogen-bond acceptors (Lipinski definition) is 4. The molecule has 7 heteroatoms. The van der Waals surface area contributed by atoms with E-state index in [4.69, 9.17) is 0 Å². The maximum Gasteiger partial charge on any atom is 0.252 e. The monoisotopic (exact) mass is 379 g/mol. The summed E-state index contributed by atoms with van der Waals surface area (Å²) in [7, 11) is 0. The van der Waals surface area contributed by atoms with Gasteiger partial charge in [0.05, 0.1) is 5.69 Å². The zero-order chi connectivity index (χ0) is 20.3. The Hall–Kier alpha value is -3.61. The number of aromatic hydroxyl groups is 1. The van der Waals surface area contributed by atoms with Gasteiger partial charge in [-0.3, -0.25) is 14.4 Å². The Balaban J connectivity index is 1.71. The van der Waals surface area contributed by atoms with Crippen molar-refractivity contribution in [3.05, 3.63) is 66.2 Å². The highest BCUT2D eigenvalue weighted by molar-refractivity contribution is 6.05. The van der Waals surface area contributed by atoms with Crippen LogP contribution in [-0.4, -0.2) is 35.4 Å². The first-order valence-electron chi connectivity index (χ1n) is 8.84. The predicted octanol–water partition coefficient (Wildman–Crippen LogP) is 2.36. The van der Waals surface area contributed by atoms with Crippen molar-refractivity contribution in [3.8, 4) is 5.75 Å². The molecule has 28 heavy (non-hydrogen) atoms. The van der Waals surface area contributed by atoms with Crippen molar-refractivity contribution in [3.63, 3.8) is 0 Å². The molecule has 1 aliphatic rings. The number of phenols is 1. The van der Waals surface area contributed by atoms with E-state index in [-0.39, 0.29) is 22.9 Å². The van der Waals surface area contributed by atoms with Gasteiger partial charge < -0.3 is 20.6 Å². The molecule has 144 valence electrons. The Labute approximate surface area is 162 Å². The van der Waals surface area contributed by atoms with Crippen LogP contribution in [0.4, 0.5) is 11.4 Å². The smallest absolute Gasteiger partial charge is 0.252 e. The fourth-order valence-corrected chi connectivity index (χ4v) is 3.07. The topological polar surface area (TPSA) is 98.7 Å². The second-order valence-corrected chi connectivity index (χ2v) is 6.57. The Bertz CT molecular complexity index is 954. The van der Waals surface area contributed by atoms with Crippen molar-refractivity contribution in [2.75, 3.05) is 16.8 Å². The van der Waals surface area contributed by atoms with Crippen LogP contribution in [0.2, 0.25) is 0 Å². The Morgan fingerprint density at radius 1 is 1.25 bits per heavy atom. The molecule has 0 radical (unpaired) electrons. The lowest BCUT2D eigenvalue weighted by Crippen LogP contribution is -2.41. The molecule has 3 amide bonds.